The molecule has 28 heavy (non-hydrogen) atoms. The van der Waals surface area contributed by atoms with Gasteiger partial charge in [-0.05, 0) is 42.7 Å². The van der Waals surface area contributed by atoms with Crippen molar-refractivity contribution in [3.8, 4) is 22.6 Å². The molecule has 5 nitrogen and oxygen atoms in total. The summed E-state index contributed by atoms with van der Waals surface area (Å²) in [5.41, 5.74) is 3.05. The van der Waals surface area contributed by atoms with Gasteiger partial charge in [0, 0.05) is 22.6 Å². The van der Waals surface area contributed by atoms with Gasteiger partial charge in [-0.1, -0.05) is 49.4 Å². The fourth-order valence-corrected chi connectivity index (χ4v) is 4.30. The monoisotopic (exact) mass is 398 g/mol. The molecule has 0 fully saturated rings. The molecule has 3 aromatic carbocycles. The molecule has 3 N–H and O–H groups in total. The average Bonchev–Trinajstić information content (AvgIpc) is 2.63. The minimum absolute atomic E-state index is 0.0257. The zero-order chi connectivity index (χ0) is 20.6. The lowest BCUT2D eigenvalue weighted by molar-refractivity contribution is 0.461. The van der Waals surface area contributed by atoms with E-state index in [1.807, 2.05) is 49.4 Å². The smallest absolute Gasteiger partial charge is 0.294 e. The van der Waals surface area contributed by atoms with Crippen LogP contribution in [0, 0.1) is 13.8 Å². The van der Waals surface area contributed by atoms with Crippen molar-refractivity contribution in [1.82, 2.24) is 0 Å². The Balaban J connectivity index is 2.28. The maximum atomic E-state index is 11.7. The highest BCUT2D eigenvalue weighted by Crippen LogP contribution is 2.45. The second kappa shape index (κ2) is 7.30. The molecule has 0 aliphatic carbocycles. The number of hydrogen-bond acceptors (Lipinski definition) is 4. The molecule has 0 aromatic heterocycles. The Bertz CT molecular complexity index is 1140. The first-order valence-corrected chi connectivity index (χ1v) is 10.2. The molecular weight excluding hydrogens is 376 g/mol. The van der Waals surface area contributed by atoms with Crippen LogP contribution in [0.25, 0.3) is 11.1 Å². The number of phenolic OH excluding ortho intramolecular Hbond substituents is 2. The van der Waals surface area contributed by atoms with Crippen molar-refractivity contribution < 1.29 is 23.2 Å². The van der Waals surface area contributed by atoms with Crippen molar-refractivity contribution in [2.24, 2.45) is 0 Å². The van der Waals surface area contributed by atoms with Crippen molar-refractivity contribution in [2.75, 3.05) is 0 Å². The molecule has 0 aliphatic rings. The summed E-state index contributed by atoms with van der Waals surface area (Å²) in [4.78, 5) is -0.305. The second-order valence-electron chi connectivity index (χ2n) is 6.89. The number of hydrogen-bond donors (Lipinski definition) is 3. The zero-order valence-corrected chi connectivity index (χ0v) is 16.7. The van der Waals surface area contributed by atoms with E-state index in [1.165, 1.54) is 13.0 Å². The molecule has 0 spiro atoms. The lowest BCUT2D eigenvalue weighted by Crippen LogP contribution is -2.04. The molecule has 0 amide bonds. The van der Waals surface area contributed by atoms with E-state index in [1.54, 1.807) is 6.92 Å². The summed E-state index contributed by atoms with van der Waals surface area (Å²) < 4.78 is 32.9. The SMILES string of the molecule is Cc1ccc(C(C)c2ccccc2)c(O)c1-c1c(O)ccc(S(=O)(=O)O)c1C. The fraction of sp³-hybridized carbons (Fsp3) is 0.182. The van der Waals surface area contributed by atoms with E-state index in [0.29, 0.717) is 16.7 Å². The molecule has 0 radical (unpaired) electrons. The molecule has 0 bridgehead atoms. The van der Waals surface area contributed by atoms with Crippen LogP contribution in [0.15, 0.2) is 59.5 Å². The first-order valence-electron chi connectivity index (χ1n) is 8.80. The zero-order valence-electron chi connectivity index (χ0n) is 15.8. The highest BCUT2D eigenvalue weighted by molar-refractivity contribution is 7.85. The molecule has 1 atom stereocenters. The summed E-state index contributed by atoms with van der Waals surface area (Å²) in [6.45, 7) is 5.22. The number of rotatable bonds is 4. The number of aromatic hydroxyl groups is 2. The van der Waals surface area contributed by atoms with Crippen LogP contribution in [0.2, 0.25) is 0 Å². The Morgan fingerprint density at radius 1 is 0.857 bits per heavy atom. The predicted molar refractivity (Wildman–Crippen MR) is 108 cm³/mol. The second-order valence-corrected chi connectivity index (χ2v) is 8.28. The van der Waals surface area contributed by atoms with Gasteiger partial charge >= 0.3 is 0 Å². The molecule has 0 heterocycles. The quantitative estimate of drug-likeness (QED) is 0.550. The summed E-state index contributed by atoms with van der Waals surface area (Å²) in [7, 11) is -4.47. The Morgan fingerprint density at radius 2 is 1.50 bits per heavy atom. The Kier molecular flexibility index (Phi) is 5.19. The van der Waals surface area contributed by atoms with E-state index >= 15 is 0 Å². The van der Waals surface area contributed by atoms with E-state index in [9.17, 15) is 23.2 Å². The molecular formula is C22H22O5S. The first-order chi connectivity index (χ1) is 13.1. The third-order valence-corrected chi connectivity index (χ3v) is 6.10. The van der Waals surface area contributed by atoms with Gasteiger partial charge in [-0.2, -0.15) is 8.42 Å². The number of aryl methyl sites for hydroxylation is 1. The van der Waals surface area contributed by atoms with E-state index in [2.05, 4.69) is 0 Å². The first kappa shape index (κ1) is 19.9. The number of benzene rings is 3. The molecule has 0 aliphatic heterocycles. The summed E-state index contributed by atoms with van der Waals surface area (Å²) in [5.74, 6) is -0.317. The van der Waals surface area contributed by atoms with Gasteiger partial charge in [0.1, 0.15) is 11.5 Å². The summed E-state index contributed by atoms with van der Waals surface area (Å²) in [6, 6.07) is 15.7. The highest BCUT2D eigenvalue weighted by atomic mass is 32.2. The van der Waals surface area contributed by atoms with Gasteiger partial charge in [-0.15, -0.1) is 0 Å². The normalized spacial score (nSPS) is 12.7. The van der Waals surface area contributed by atoms with Gasteiger partial charge in [0.05, 0.1) is 4.90 Å². The van der Waals surface area contributed by atoms with Crippen molar-refractivity contribution in [2.45, 2.75) is 31.6 Å². The molecule has 3 aromatic rings. The van der Waals surface area contributed by atoms with Gasteiger partial charge in [0.25, 0.3) is 10.1 Å². The van der Waals surface area contributed by atoms with E-state index in [0.717, 1.165) is 11.6 Å². The Labute approximate surface area is 164 Å². The lowest BCUT2D eigenvalue weighted by atomic mass is 9.86. The van der Waals surface area contributed by atoms with Crippen LogP contribution in [-0.2, 0) is 10.1 Å². The molecule has 3 rings (SSSR count). The fourth-order valence-electron chi connectivity index (χ4n) is 3.57. The molecule has 146 valence electrons. The standard InChI is InChI=1S/C22H22O5S/c1-13-9-10-17(14(2)16-7-5-4-6-8-16)22(24)20(13)21-15(3)19(28(25,26)27)12-11-18(21)23/h4-12,14,23-24H,1-3H3,(H,25,26,27). The highest BCUT2D eigenvalue weighted by Gasteiger charge is 2.24. The average molecular weight is 398 g/mol. The van der Waals surface area contributed by atoms with Crippen LogP contribution in [0.4, 0.5) is 0 Å². The van der Waals surface area contributed by atoms with Crippen LogP contribution >= 0.6 is 0 Å². The lowest BCUT2D eigenvalue weighted by Gasteiger charge is -2.20. The third-order valence-electron chi connectivity index (χ3n) is 5.10. The van der Waals surface area contributed by atoms with Gasteiger partial charge in [0.2, 0.25) is 0 Å². The van der Waals surface area contributed by atoms with E-state index in [4.69, 9.17) is 0 Å². The molecule has 1 unspecified atom stereocenters. The van der Waals surface area contributed by atoms with Crippen LogP contribution in [0.5, 0.6) is 11.5 Å². The summed E-state index contributed by atoms with van der Waals surface area (Å²) >= 11 is 0. The van der Waals surface area contributed by atoms with Crippen molar-refractivity contribution in [3.63, 3.8) is 0 Å². The van der Waals surface area contributed by atoms with Gasteiger partial charge in [-0.25, -0.2) is 0 Å². The molecule has 0 saturated heterocycles. The summed E-state index contributed by atoms with van der Waals surface area (Å²) in [5, 5.41) is 21.5. The van der Waals surface area contributed by atoms with Crippen molar-refractivity contribution in [3.05, 3.63) is 76.9 Å². The number of phenols is 2. The largest absolute Gasteiger partial charge is 0.507 e. The minimum atomic E-state index is -4.47. The molecule has 0 saturated carbocycles. The van der Waals surface area contributed by atoms with Gasteiger partial charge in [-0.3, -0.25) is 4.55 Å². The van der Waals surface area contributed by atoms with Crippen LogP contribution in [-0.4, -0.2) is 23.2 Å². The summed E-state index contributed by atoms with van der Waals surface area (Å²) in [6.07, 6.45) is 0. The topological polar surface area (TPSA) is 94.8 Å². The van der Waals surface area contributed by atoms with E-state index in [-0.39, 0.29) is 33.4 Å². The van der Waals surface area contributed by atoms with Crippen LogP contribution in [0.1, 0.15) is 35.1 Å². The van der Waals surface area contributed by atoms with Crippen molar-refractivity contribution in [1.29, 1.82) is 0 Å². The Hall–Kier alpha value is -2.83. The molecule has 6 heteroatoms. The van der Waals surface area contributed by atoms with Crippen molar-refractivity contribution >= 4 is 10.1 Å². The maximum Gasteiger partial charge on any atom is 0.294 e. The Morgan fingerprint density at radius 3 is 2.11 bits per heavy atom. The third kappa shape index (κ3) is 3.48. The minimum Gasteiger partial charge on any atom is -0.507 e. The van der Waals surface area contributed by atoms with Gasteiger partial charge in [0.15, 0.2) is 0 Å². The maximum absolute atomic E-state index is 11.7. The van der Waals surface area contributed by atoms with Gasteiger partial charge < -0.3 is 10.2 Å². The van der Waals surface area contributed by atoms with E-state index < -0.39 is 10.1 Å². The van der Waals surface area contributed by atoms with Crippen LogP contribution in [0.3, 0.4) is 0 Å². The predicted octanol–water partition coefficient (Wildman–Crippen LogP) is 4.78. The van der Waals surface area contributed by atoms with Crippen LogP contribution < -0.4 is 0 Å².